The minimum Gasteiger partial charge on any atom is -0.396 e. The van der Waals surface area contributed by atoms with E-state index in [4.69, 9.17) is 0 Å². The molecule has 1 N–H and O–H groups in total. The van der Waals surface area contributed by atoms with Gasteiger partial charge in [0.2, 0.25) is 0 Å². The monoisotopic (exact) mass is 357 g/mol. The van der Waals surface area contributed by atoms with Gasteiger partial charge in [0.05, 0.1) is 0 Å². The first kappa shape index (κ1) is 12.9. The summed E-state index contributed by atoms with van der Waals surface area (Å²) in [5, 5.41) is 9.79. The first-order valence-corrected chi connectivity index (χ1v) is 7.87. The first-order valence-electron chi connectivity index (χ1n) is 6.79. The molecule has 0 saturated carbocycles. The van der Waals surface area contributed by atoms with E-state index in [1.165, 1.54) is 28.4 Å². The maximum absolute atomic E-state index is 9.79. The topological polar surface area (TPSA) is 23.5 Å². The molecule has 0 aliphatic carbocycles. The number of aliphatic hydroxyl groups is 1. The molecule has 0 unspecified atom stereocenters. The number of nitrogens with zero attached hydrogens (tertiary/aromatic N) is 1. The van der Waals surface area contributed by atoms with Crippen LogP contribution in [0.4, 0.5) is 0 Å². The summed E-state index contributed by atoms with van der Waals surface area (Å²) < 4.78 is 1.28. The van der Waals surface area contributed by atoms with E-state index in [0.29, 0.717) is 24.5 Å². The predicted molar refractivity (Wildman–Crippen MR) is 81.7 cm³/mol. The van der Waals surface area contributed by atoms with Crippen LogP contribution < -0.4 is 0 Å². The van der Waals surface area contributed by atoms with Gasteiger partial charge in [0.25, 0.3) is 0 Å². The van der Waals surface area contributed by atoms with Crippen LogP contribution in [0.15, 0.2) is 24.3 Å². The minimum atomic E-state index is 0.318. The molecule has 2 aliphatic rings. The van der Waals surface area contributed by atoms with Crippen molar-refractivity contribution in [1.29, 1.82) is 0 Å². The van der Waals surface area contributed by atoms with Gasteiger partial charge < -0.3 is 10.0 Å². The molecular weight excluding hydrogens is 337 g/mol. The zero-order valence-electron chi connectivity index (χ0n) is 10.7. The molecule has 2 aliphatic heterocycles. The summed E-state index contributed by atoms with van der Waals surface area (Å²) in [6.07, 6.45) is 3.77. The van der Waals surface area contributed by atoms with E-state index in [2.05, 4.69) is 58.8 Å². The van der Waals surface area contributed by atoms with E-state index < -0.39 is 0 Å². The highest BCUT2D eigenvalue weighted by molar-refractivity contribution is 14.1. The molecule has 0 spiro atoms. The predicted octanol–water partition coefficient (Wildman–Crippen LogP) is 2.85. The second-order valence-corrected chi connectivity index (χ2v) is 6.95. The van der Waals surface area contributed by atoms with Gasteiger partial charge in [0.15, 0.2) is 0 Å². The number of fused-ring (bicyclic) bond motifs is 2. The lowest BCUT2D eigenvalue weighted by atomic mass is 9.76. The highest BCUT2D eigenvalue weighted by Gasteiger charge is 2.45. The van der Waals surface area contributed by atoms with Crippen molar-refractivity contribution in [3.8, 4) is 0 Å². The lowest BCUT2D eigenvalue weighted by Crippen LogP contribution is -2.47. The molecule has 18 heavy (non-hydrogen) atoms. The first-order chi connectivity index (χ1) is 8.70. The highest BCUT2D eigenvalue weighted by Crippen LogP contribution is 2.45. The Morgan fingerprint density at radius 2 is 2.00 bits per heavy atom. The average molecular weight is 357 g/mol. The van der Waals surface area contributed by atoms with Gasteiger partial charge in [-0.15, -0.1) is 0 Å². The standard InChI is InChI=1S/C15H20INO/c1-17-12-6-7-15(17)14(9-18)13(8-12)10-2-4-11(16)5-3-10/h2-5,12-15,18H,6-9H2,1H3/t12-,13+,14-,15+/m0/s1. The summed E-state index contributed by atoms with van der Waals surface area (Å²) in [5.74, 6) is 0.953. The largest absolute Gasteiger partial charge is 0.396 e. The van der Waals surface area contributed by atoms with Gasteiger partial charge in [-0.1, -0.05) is 12.1 Å². The number of rotatable bonds is 2. The van der Waals surface area contributed by atoms with Crippen LogP contribution >= 0.6 is 22.6 Å². The average Bonchev–Trinajstić information content (AvgIpc) is 2.63. The van der Waals surface area contributed by atoms with Crippen molar-refractivity contribution in [2.45, 2.75) is 37.3 Å². The second-order valence-electron chi connectivity index (χ2n) is 5.70. The van der Waals surface area contributed by atoms with Crippen molar-refractivity contribution >= 4 is 22.6 Å². The van der Waals surface area contributed by atoms with Crippen molar-refractivity contribution in [3.63, 3.8) is 0 Å². The van der Waals surface area contributed by atoms with E-state index in [-0.39, 0.29) is 0 Å². The third-order valence-corrected chi connectivity index (χ3v) is 5.66. The summed E-state index contributed by atoms with van der Waals surface area (Å²) in [5.41, 5.74) is 1.42. The minimum absolute atomic E-state index is 0.318. The van der Waals surface area contributed by atoms with Gasteiger partial charge in [0, 0.05) is 28.2 Å². The van der Waals surface area contributed by atoms with Crippen molar-refractivity contribution in [2.24, 2.45) is 5.92 Å². The Labute approximate surface area is 123 Å². The van der Waals surface area contributed by atoms with Crippen LogP contribution in [0.25, 0.3) is 0 Å². The number of piperidine rings is 1. The van der Waals surface area contributed by atoms with Gasteiger partial charge in [-0.25, -0.2) is 0 Å². The van der Waals surface area contributed by atoms with Crippen molar-refractivity contribution < 1.29 is 5.11 Å². The van der Waals surface area contributed by atoms with E-state index in [0.717, 1.165) is 6.04 Å². The maximum Gasteiger partial charge on any atom is 0.0480 e. The van der Waals surface area contributed by atoms with Gasteiger partial charge in [-0.2, -0.15) is 0 Å². The number of aliphatic hydroxyl groups excluding tert-OH is 1. The molecule has 0 radical (unpaired) electrons. The molecule has 2 heterocycles. The van der Waals surface area contributed by atoms with Crippen molar-refractivity contribution in [3.05, 3.63) is 33.4 Å². The summed E-state index contributed by atoms with van der Waals surface area (Å²) in [6.45, 7) is 0.318. The molecule has 2 fully saturated rings. The number of hydrogen-bond donors (Lipinski definition) is 1. The fraction of sp³-hybridized carbons (Fsp3) is 0.600. The Balaban J connectivity index is 1.89. The molecular formula is C15H20INO. The highest BCUT2D eigenvalue weighted by atomic mass is 127. The van der Waals surface area contributed by atoms with E-state index in [1.54, 1.807) is 0 Å². The SMILES string of the molecule is CN1[C@H]2CC[C@@H]1[C@@H](CO)[C@@H](c1ccc(I)cc1)C2. The van der Waals surface area contributed by atoms with Crippen LogP contribution in [0.3, 0.4) is 0 Å². The Morgan fingerprint density at radius 1 is 1.28 bits per heavy atom. The molecule has 2 bridgehead atoms. The number of benzene rings is 1. The van der Waals surface area contributed by atoms with Crippen LogP contribution in [0.1, 0.15) is 30.7 Å². The van der Waals surface area contributed by atoms with E-state index >= 15 is 0 Å². The lowest BCUT2D eigenvalue weighted by molar-refractivity contribution is 0.0592. The van der Waals surface area contributed by atoms with Crippen molar-refractivity contribution in [1.82, 2.24) is 4.90 Å². The van der Waals surface area contributed by atoms with Gasteiger partial charge >= 0.3 is 0 Å². The van der Waals surface area contributed by atoms with Crippen LogP contribution in [0, 0.1) is 9.49 Å². The van der Waals surface area contributed by atoms with E-state index in [1.807, 2.05) is 0 Å². The molecule has 2 saturated heterocycles. The van der Waals surface area contributed by atoms with Crippen LogP contribution in [0.5, 0.6) is 0 Å². The molecule has 2 nitrogen and oxygen atoms in total. The van der Waals surface area contributed by atoms with Crippen LogP contribution in [0.2, 0.25) is 0 Å². The molecule has 3 heteroatoms. The molecule has 3 rings (SSSR count). The summed E-state index contributed by atoms with van der Waals surface area (Å²) in [6, 6.07) is 10.2. The number of halogens is 1. The summed E-state index contributed by atoms with van der Waals surface area (Å²) >= 11 is 2.35. The Kier molecular flexibility index (Phi) is 3.65. The molecule has 98 valence electrons. The third-order valence-electron chi connectivity index (χ3n) is 4.94. The van der Waals surface area contributed by atoms with E-state index in [9.17, 15) is 5.11 Å². The van der Waals surface area contributed by atoms with Gasteiger partial charge in [0.1, 0.15) is 0 Å². The smallest absolute Gasteiger partial charge is 0.0480 e. The Hall–Kier alpha value is -0.130. The third kappa shape index (κ3) is 2.10. The zero-order chi connectivity index (χ0) is 12.7. The van der Waals surface area contributed by atoms with Crippen molar-refractivity contribution in [2.75, 3.05) is 13.7 Å². The maximum atomic E-state index is 9.79. The van der Waals surface area contributed by atoms with Crippen LogP contribution in [-0.4, -0.2) is 35.7 Å². The number of hydrogen-bond acceptors (Lipinski definition) is 2. The molecule has 1 aromatic carbocycles. The lowest BCUT2D eigenvalue weighted by Gasteiger charge is -2.42. The Morgan fingerprint density at radius 3 is 2.67 bits per heavy atom. The molecule has 1 aromatic rings. The fourth-order valence-corrected chi connectivity index (χ4v) is 4.28. The van der Waals surface area contributed by atoms with Crippen LogP contribution in [-0.2, 0) is 0 Å². The molecule has 0 amide bonds. The molecule has 0 aromatic heterocycles. The zero-order valence-corrected chi connectivity index (χ0v) is 12.9. The summed E-state index contributed by atoms with van der Waals surface area (Å²) in [7, 11) is 2.23. The Bertz CT molecular complexity index is 419. The quantitative estimate of drug-likeness (QED) is 0.823. The molecule has 4 atom stereocenters. The van der Waals surface area contributed by atoms with Gasteiger partial charge in [-0.3, -0.25) is 0 Å². The normalized spacial score (nSPS) is 35.9. The second kappa shape index (κ2) is 5.10. The summed E-state index contributed by atoms with van der Waals surface area (Å²) in [4.78, 5) is 2.50. The fourth-order valence-electron chi connectivity index (χ4n) is 3.92. The van der Waals surface area contributed by atoms with Gasteiger partial charge in [-0.05, 0) is 72.5 Å².